The fourth-order valence-electron chi connectivity index (χ4n) is 3.78. The Labute approximate surface area is 178 Å². The number of carbonyl (C=O) groups is 2. The first kappa shape index (κ1) is 22.3. The standard InChI is InChI=1S/C22H25F3N2O2S/c1-15-12-13-18(30-15)19(20(28)26-17-10-6-3-7-11-17)27(21(29)22(23,24)25)14-16-8-4-2-5-9-16/h2,4-5,8-9,12-13,17,19H,3,6-7,10-11,14H2,1H3,(H,26,28). The van der Waals surface area contributed by atoms with Crippen molar-refractivity contribution in [2.24, 2.45) is 0 Å². The van der Waals surface area contributed by atoms with Crippen LogP contribution >= 0.6 is 11.3 Å². The van der Waals surface area contributed by atoms with Crippen molar-refractivity contribution >= 4 is 23.2 Å². The molecule has 0 spiro atoms. The molecule has 1 heterocycles. The Hall–Kier alpha value is -2.35. The van der Waals surface area contributed by atoms with Gasteiger partial charge < -0.3 is 10.2 Å². The molecule has 2 aromatic rings. The maximum Gasteiger partial charge on any atom is 0.471 e. The minimum atomic E-state index is -5.08. The SMILES string of the molecule is Cc1ccc(C(C(=O)NC2CCCCC2)N(Cc2ccccc2)C(=O)C(F)(F)F)s1. The number of nitrogens with zero attached hydrogens (tertiary/aromatic N) is 1. The number of halogens is 3. The van der Waals surface area contributed by atoms with Crippen LogP contribution in [0.2, 0.25) is 0 Å². The van der Waals surface area contributed by atoms with Gasteiger partial charge in [-0.2, -0.15) is 13.2 Å². The van der Waals surface area contributed by atoms with Crippen LogP contribution in [-0.2, 0) is 16.1 Å². The summed E-state index contributed by atoms with van der Waals surface area (Å²) in [5.74, 6) is -2.57. The van der Waals surface area contributed by atoms with Crippen LogP contribution in [0.15, 0.2) is 42.5 Å². The molecule has 1 N–H and O–H groups in total. The van der Waals surface area contributed by atoms with Crippen molar-refractivity contribution in [3.63, 3.8) is 0 Å². The fraction of sp³-hybridized carbons (Fsp3) is 0.455. The molecule has 1 saturated carbocycles. The van der Waals surface area contributed by atoms with Crippen LogP contribution < -0.4 is 5.32 Å². The molecule has 8 heteroatoms. The van der Waals surface area contributed by atoms with Crippen molar-refractivity contribution in [1.82, 2.24) is 10.2 Å². The summed E-state index contributed by atoms with van der Waals surface area (Å²) in [7, 11) is 0. The number of alkyl halides is 3. The second-order valence-corrected chi connectivity index (χ2v) is 8.93. The molecule has 30 heavy (non-hydrogen) atoms. The molecule has 1 unspecified atom stereocenters. The van der Waals surface area contributed by atoms with Gasteiger partial charge in [0.2, 0.25) is 5.91 Å². The molecule has 0 aliphatic heterocycles. The summed E-state index contributed by atoms with van der Waals surface area (Å²) in [5.41, 5.74) is 0.527. The summed E-state index contributed by atoms with van der Waals surface area (Å²) < 4.78 is 40.5. The minimum Gasteiger partial charge on any atom is -0.351 e. The third kappa shape index (κ3) is 5.62. The lowest BCUT2D eigenvalue weighted by molar-refractivity contribution is -0.189. The number of benzene rings is 1. The number of hydrogen-bond donors (Lipinski definition) is 1. The van der Waals surface area contributed by atoms with Gasteiger partial charge in [-0.25, -0.2) is 0 Å². The lowest BCUT2D eigenvalue weighted by Gasteiger charge is -2.33. The number of nitrogens with one attached hydrogen (secondary N) is 1. The zero-order chi connectivity index (χ0) is 21.7. The molecule has 1 atom stereocenters. The molecule has 1 fully saturated rings. The second kappa shape index (κ2) is 9.64. The van der Waals surface area contributed by atoms with Crippen LogP contribution in [0.1, 0.15) is 53.5 Å². The van der Waals surface area contributed by atoms with Crippen molar-refractivity contribution < 1.29 is 22.8 Å². The molecule has 2 amide bonds. The van der Waals surface area contributed by atoms with Gasteiger partial charge in [0.1, 0.15) is 6.04 Å². The Balaban J connectivity index is 1.96. The molecular formula is C22H25F3N2O2S. The molecule has 0 bridgehead atoms. The van der Waals surface area contributed by atoms with E-state index in [1.807, 2.05) is 6.92 Å². The Kier molecular flexibility index (Phi) is 7.18. The quantitative estimate of drug-likeness (QED) is 0.679. The van der Waals surface area contributed by atoms with Crippen LogP contribution in [0.5, 0.6) is 0 Å². The summed E-state index contributed by atoms with van der Waals surface area (Å²) in [5, 5.41) is 2.91. The van der Waals surface area contributed by atoms with Crippen LogP contribution in [0.4, 0.5) is 13.2 Å². The van der Waals surface area contributed by atoms with Crippen molar-refractivity contribution in [2.75, 3.05) is 0 Å². The highest BCUT2D eigenvalue weighted by Gasteiger charge is 2.47. The van der Waals surface area contributed by atoms with Gasteiger partial charge in [0.15, 0.2) is 0 Å². The first-order valence-electron chi connectivity index (χ1n) is 10.0. The van der Waals surface area contributed by atoms with Crippen LogP contribution in [0.3, 0.4) is 0 Å². The molecule has 1 aliphatic rings. The lowest BCUT2D eigenvalue weighted by atomic mass is 9.95. The van der Waals surface area contributed by atoms with E-state index in [4.69, 9.17) is 0 Å². The van der Waals surface area contributed by atoms with Crippen LogP contribution in [0, 0.1) is 6.92 Å². The Bertz CT molecular complexity index is 861. The van der Waals surface area contributed by atoms with E-state index in [1.54, 1.807) is 42.5 Å². The van der Waals surface area contributed by atoms with Gasteiger partial charge in [-0.3, -0.25) is 9.59 Å². The average Bonchev–Trinajstić information content (AvgIpc) is 3.13. The third-order valence-corrected chi connectivity index (χ3v) is 6.29. The molecule has 1 aromatic carbocycles. The zero-order valence-electron chi connectivity index (χ0n) is 16.7. The van der Waals surface area contributed by atoms with E-state index in [2.05, 4.69) is 5.32 Å². The second-order valence-electron chi connectivity index (χ2n) is 7.61. The predicted molar refractivity (Wildman–Crippen MR) is 110 cm³/mol. The molecule has 1 aliphatic carbocycles. The summed E-state index contributed by atoms with van der Waals surface area (Å²) in [6.45, 7) is 1.51. The van der Waals surface area contributed by atoms with Gasteiger partial charge in [-0.05, 0) is 37.5 Å². The normalized spacial score (nSPS) is 16.1. The highest BCUT2D eigenvalue weighted by Crippen LogP contribution is 2.33. The fourth-order valence-corrected chi connectivity index (χ4v) is 4.76. The molecule has 0 radical (unpaired) electrons. The van der Waals surface area contributed by atoms with Crippen LogP contribution in [0.25, 0.3) is 0 Å². The first-order chi connectivity index (χ1) is 14.3. The van der Waals surface area contributed by atoms with E-state index in [0.29, 0.717) is 15.3 Å². The van der Waals surface area contributed by atoms with E-state index >= 15 is 0 Å². The average molecular weight is 439 g/mol. The summed E-state index contributed by atoms with van der Waals surface area (Å²) in [6.07, 6.45) is -0.440. The third-order valence-electron chi connectivity index (χ3n) is 5.24. The van der Waals surface area contributed by atoms with Crippen LogP contribution in [-0.4, -0.2) is 28.9 Å². The lowest BCUT2D eigenvalue weighted by Crippen LogP contribution is -2.49. The monoisotopic (exact) mass is 438 g/mol. The topological polar surface area (TPSA) is 49.4 Å². The highest BCUT2D eigenvalue weighted by atomic mass is 32.1. The number of carbonyl (C=O) groups excluding carboxylic acids is 2. The number of rotatable bonds is 6. The van der Waals surface area contributed by atoms with Crippen molar-refractivity contribution in [3.05, 3.63) is 57.8 Å². The smallest absolute Gasteiger partial charge is 0.351 e. The Morgan fingerprint density at radius 1 is 1.10 bits per heavy atom. The maximum absolute atomic E-state index is 13.5. The zero-order valence-corrected chi connectivity index (χ0v) is 17.6. The van der Waals surface area contributed by atoms with Gasteiger partial charge in [0.25, 0.3) is 0 Å². The first-order valence-corrected chi connectivity index (χ1v) is 10.9. The van der Waals surface area contributed by atoms with Crippen molar-refractivity contribution in [3.8, 4) is 0 Å². The molecule has 0 saturated heterocycles. The molecule has 3 rings (SSSR count). The van der Waals surface area contributed by atoms with E-state index in [-0.39, 0.29) is 12.6 Å². The van der Waals surface area contributed by atoms with Crippen molar-refractivity contribution in [1.29, 1.82) is 0 Å². The maximum atomic E-state index is 13.5. The Morgan fingerprint density at radius 2 is 1.77 bits per heavy atom. The Morgan fingerprint density at radius 3 is 2.33 bits per heavy atom. The molecule has 1 aromatic heterocycles. The minimum absolute atomic E-state index is 0.0747. The summed E-state index contributed by atoms with van der Waals surface area (Å²) >= 11 is 1.23. The van der Waals surface area contributed by atoms with E-state index in [1.165, 1.54) is 11.3 Å². The van der Waals surface area contributed by atoms with Gasteiger partial charge in [0.05, 0.1) is 0 Å². The molecule has 4 nitrogen and oxygen atoms in total. The number of amides is 2. The van der Waals surface area contributed by atoms with Gasteiger partial charge >= 0.3 is 12.1 Å². The number of thiophene rings is 1. The van der Waals surface area contributed by atoms with E-state index < -0.39 is 24.0 Å². The largest absolute Gasteiger partial charge is 0.471 e. The molecular weight excluding hydrogens is 413 g/mol. The number of hydrogen-bond acceptors (Lipinski definition) is 3. The van der Waals surface area contributed by atoms with E-state index in [9.17, 15) is 22.8 Å². The van der Waals surface area contributed by atoms with Gasteiger partial charge in [0, 0.05) is 22.3 Å². The summed E-state index contributed by atoms with van der Waals surface area (Å²) in [6, 6.07) is 10.4. The summed E-state index contributed by atoms with van der Waals surface area (Å²) in [4.78, 5) is 27.6. The highest BCUT2D eigenvalue weighted by molar-refractivity contribution is 7.12. The van der Waals surface area contributed by atoms with E-state index in [0.717, 1.165) is 37.0 Å². The predicted octanol–water partition coefficient (Wildman–Crippen LogP) is 5.14. The van der Waals surface area contributed by atoms with Gasteiger partial charge in [-0.1, -0.05) is 49.6 Å². The van der Waals surface area contributed by atoms with Crippen molar-refractivity contribution in [2.45, 2.75) is 63.8 Å². The number of aryl methyl sites for hydroxylation is 1. The van der Waals surface area contributed by atoms with Gasteiger partial charge in [-0.15, -0.1) is 11.3 Å². The molecule has 162 valence electrons.